The monoisotopic (exact) mass is 278 g/mol. The summed E-state index contributed by atoms with van der Waals surface area (Å²) in [5, 5.41) is 3.06. The van der Waals surface area contributed by atoms with Crippen LogP contribution in [0.2, 0.25) is 0 Å². The summed E-state index contributed by atoms with van der Waals surface area (Å²) in [5.74, 6) is 0.814. The fraction of sp³-hybridized carbons (Fsp3) is 0.875. The van der Waals surface area contributed by atoms with Crippen LogP contribution < -0.4 is 5.32 Å². The van der Waals surface area contributed by atoms with Gasteiger partial charge >= 0.3 is 0 Å². The molecule has 1 aliphatic heterocycles. The minimum Gasteiger partial charge on any atom is -0.340 e. The maximum Gasteiger partial charge on any atom is 0.249 e. The molecule has 1 heterocycles. The Balaban J connectivity index is 1.86. The van der Waals surface area contributed by atoms with Crippen LogP contribution in [0.25, 0.3) is 0 Å². The average molecular weight is 278 g/mol. The van der Waals surface area contributed by atoms with Crippen molar-refractivity contribution in [2.24, 2.45) is 5.92 Å². The molecule has 2 unspecified atom stereocenters. The van der Waals surface area contributed by atoms with E-state index in [2.05, 4.69) is 12.2 Å². The molecule has 112 valence electrons. The van der Waals surface area contributed by atoms with Crippen molar-refractivity contribution in [2.45, 2.75) is 82.8 Å². The number of hydrogen-bond acceptors (Lipinski definition) is 2. The lowest BCUT2D eigenvalue weighted by Crippen LogP contribution is -2.72. The summed E-state index contributed by atoms with van der Waals surface area (Å²) in [7, 11) is 0. The van der Waals surface area contributed by atoms with Gasteiger partial charge in [-0.3, -0.25) is 9.59 Å². The molecule has 1 spiro atoms. The second kappa shape index (κ2) is 5.05. The Morgan fingerprint density at radius 1 is 1.15 bits per heavy atom. The van der Waals surface area contributed by atoms with E-state index in [9.17, 15) is 9.59 Å². The quantitative estimate of drug-likeness (QED) is 0.842. The lowest BCUT2D eigenvalue weighted by atomic mass is 9.75. The van der Waals surface area contributed by atoms with Crippen LogP contribution in [-0.2, 0) is 9.59 Å². The van der Waals surface area contributed by atoms with Crippen LogP contribution >= 0.6 is 0 Å². The molecule has 0 aromatic heterocycles. The zero-order valence-electron chi connectivity index (χ0n) is 12.7. The number of carbonyl (C=O) groups excluding carboxylic acids is 2. The molecule has 2 amide bonds. The summed E-state index contributed by atoms with van der Waals surface area (Å²) in [6.07, 6.45) is 8.58. The predicted octanol–water partition coefficient (Wildman–Crippen LogP) is 2.22. The molecule has 3 aliphatic rings. The standard InChI is InChI=1S/C16H26N2O2/c1-11(13-7-6-8-13)18-12(2)14(19)17-16(15(18)20)9-4-3-5-10-16/h11-13H,3-10H2,1-2H3,(H,17,19). The summed E-state index contributed by atoms with van der Waals surface area (Å²) in [6.45, 7) is 4.01. The Morgan fingerprint density at radius 2 is 1.80 bits per heavy atom. The maximum atomic E-state index is 13.1. The van der Waals surface area contributed by atoms with Gasteiger partial charge in [0.2, 0.25) is 11.8 Å². The topological polar surface area (TPSA) is 49.4 Å². The van der Waals surface area contributed by atoms with Gasteiger partial charge in [0.25, 0.3) is 0 Å². The zero-order valence-corrected chi connectivity index (χ0v) is 12.7. The van der Waals surface area contributed by atoms with Crippen molar-refractivity contribution in [1.82, 2.24) is 10.2 Å². The van der Waals surface area contributed by atoms with Gasteiger partial charge in [-0.15, -0.1) is 0 Å². The summed E-state index contributed by atoms with van der Waals surface area (Å²) in [5.41, 5.74) is -0.583. The highest BCUT2D eigenvalue weighted by Gasteiger charge is 2.52. The van der Waals surface area contributed by atoms with Crippen molar-refractivity contribution in [3.8, 4) is 0 Å². The number of hydrogen-bond donors (Lipinski definition) is 1. The molecule has 2 saturated carbocycles. The molecule has 4 nitrogen and oxygen atoms in total. The third kappa shape index (κ3) is 2.04. The number of nitrogens with zero attached hydrogens (tertiary/aromatic N) is 1. The van der Waals surface area contributed by atoms with E-state index in [1.807, 2.05) is 11.8 Å². The molecule has 0 aromatic carbocycles. The van der Waals surface area contributed by atoms with Crippen molar-refractivity contribution >= 4 is 11.8 Å². The van der Waals surface area contributed by atoms with Crippen LogP contribution in [0, 0.1) is 5.92 Å². The van der Waals surface area contributed by atoms with Crippen LogP contribution in [-0.4, -0.2) is 34.3 Å². The molecule has 3 fully saturated rings. The minimum atomic E-state index is -0.583. The van der Waals surface area contributed by atoms with Gasteiger partial charge in [-0.05, 0) is 45.4 Å². The summed E-state index contributed by atoms with van der Waals surface area (Å²) >= 11 is 0. The maximum absolute atomic E-state index is 13.1. The highest BCUT2D eigenvalue weighted by Crippen LogP contribution is 2.38. The third-order valence-corrected chi connectivity index (χ3v) is 5.78. The van der Waals surface area contributed by atoms with Gasteiger partial charge in [-0.1, -0.05) is 25.7 Å². The molecule has 1 N–H and O–H groups in total. The second-order valence-corrected chi connectivity index (χ2v) is 6.95. The summed E-state index contributed by atoms with van der Waals surface area (Å²) in [4.78, 5) is 27.3. The fourth-order valence-corrected chi connectivity index (χ4v) is 4.12. The first-order valence-corrected chi connectivity index (χ1v) is 8.20. The number of piperazine rings is 1. The smallest absolute Gasteiger partial charge is 0.249 e. The molecular weight excluding hydrogens is 252 g/mol. The molecule has 3 rings (SSSR count). The Bertz CT molecular complexity index is 411. The van der Waals surface area contributed by atoms with Crippen molar-refractivity contribution < 1.29 is 9.59 Å². The average Bonchev–Trinajstić information content (AvgIpc) is 2.36. The largest absolute Gasteiger partial charge is 0.340 e. The van der Waals surface area contributed by atoms with Gasteiger partial charge in [0, 0.05) is 6.04 Å². The van der Waals surface area contributed by atoms with Gasteiger partial charge in [0.15, 0.2) is 0 Å². The molecule has 0 aromatic rings. The van der Waals surface area contributed by atoms with Gasteiger partial charge in [0.1, 0.15) is 11.6 Å². The van der Waals surface area contributed by atoms with E-state index in [4.69, 9.17) is 0 Å². The highest BCUT2D eigenvalue weighted by molar-refractivity contribution is 5.99. The molecule has 0 radical (unpaired) electrons. The molecular formula is C16H26N2O2. The third-order valence-electron chi connectivity index (χ3n) is 5.78. The summed E-state index contributed by atoms with van der Waals surface area (Å²) < 4.78 is 0. The van der Waals surface area contributed by atoms with Gasteiger partial charge in [-0.25, -0.2) is 0 Å². The van der Waals surface area contributed by atoms with Gasteiger partial charge < -0.3 is 10.2 Å². The Kier molecular flexibility index (Phi) is 3.51. The molecule has 4 heteroatoms. The lowest BCUT2D eigenvalue weighted by Gasteiger charge is -2.51. The van der Waals surface area contributed by atoms with Crippen LogP contribution in [0.5, 0.6) is 0 Å². The number of carbonyl (C=O) groups is 2. The first-order valence-electron chi connectivity index (χ1n) is 8.20. The van der Waals surface area contributed by atoms with E-state index in [1.165, 1.54) is 25.7 Å². The second-order valence-electron chi connectivity index (χ2n) is 6.95. The first kappa shape index (κ1) is 13.9. The van der Waals surface area contributed by atoms with Crippen molar-refractivity contribution in [1.29, 1.82) is 0 Å². The van der Waals surface area contributed by atoms with Crippen LogP contribution in [0.1, 0.15) is 65.2 Å². The van der Waals surface area contributed by atoms with Crippen LogP contribution in [0.4, 0.5) is 0 Å². The molecule has 2 atom stereocenters. The predicted molar refractivity (Wildman–Crippen MR) is 77.1 cm³/mol. The van der Waals surface area contributed by atoms with Crippen LogP contribution in [0.15, 0.2) is 0 Å². The van der Waals surface area contributed by atoms with Gasteiger partial charge in [0.05, 0.1) is 0 Å². The van der Waals surface area contributed by atoms with E-state index in [0.29, 0.717) is 5.92 Å². The Hall–Kier alpha value is -1.06. The van der Waals surface area contributed by atoms with E-state index < -0.39 is 5.54 Å². The molecule has 0 bridgehead atoms. The number of nitrogens with one attached hydrogen (secondary N) is 1. The lowest BCUT2D eigenvalue weighted by molar-refractivity contribution is -0.160. The summed E-state index contributed by atoms with van der Waals surface area (Å²) in [6, 6.07) is -0.109. The Labute approximate surface area is 121 Å². The highest BCUT2D eigenvalue weighted by atomic mass is 16.2. The fourth-order valence-electron chi connectivity index (χ4n) is 4.12. The van der Waals surface area contributed by atoms with E-state index in [1.54, 1.807) is 0 Å². The van der Waals surface area contributed by atoms with Gasteiger partial charge in [-0.2, -0.15) is 0 Å². The first-order chi connectivity index (χ1) is 9.55. The van der Waals surface area contributed by atoms with E-state index in [0.717, 1.165) is 25.7 Å². The molecule has 20 heavy (non-hydrogen) atoms. The van der Waals surface area contributed by atoms with Crippen molar-refractivity contribution in [2.75, 3.05) is 0 Å². The van der Waals surface area contributed by atoms with Crippen LogP contribution in [0.3, 0.4) is 0 Å². The number of amides is 2. The minimum absolute atomic E-state index is 0.0395. The van der Waals surface area contributed by atoms with Crippen molar-refractivity contribution in [3.63, 3.8) is 0 Å². The molecule has 1 saturated heterocycles. The van der Waals surface area contributed by atoms with E-state index in [-0.39, 0.29) is 23.9 Å². The van der Waals surface area contributed by atoms with Crippen molar-refractivity contribution in [3.05, 3.63) is 0 Å². The Morgan fingerprint density at radius 3 is 2.35 bits per heavy atom. The normalized spacial score (nSPS) is 31.9. The zero-order chi connectivity index (χ0) is 14.3. The molecule has 2 aliphatic carbocycles. The SMILES string of the molecule is CC1C(=O)NC2(CCCCC2)C(=O)N1C(C)C1CCC1. The van der Waals surface area contributed by atoms with E-state index >= 15 is 0 Å². The number of rotatable bonds is 2.